The van der Waals surface area contributed by atoms with E-state index in [1.807, 2.05) is 19.1 Å². The number of phenols is 1. The summed E-state index contributed by atoms with van der Waals surface area (Å²) in [4.78, 5) is 0. The molecule has 96 valence electrons. The number of hydrogen-bond donors (Lipinski definition) is 2. The molecule has 0 heterocycles. The maximum Gasteiger partial charge on any atom is 0.120 e. The van der Waals surface area contributed by atoms with Crippen LogP contribution < -0.4 is 5.32 Å². The highest BCUT2D eigenvalue weighted by molar-refractivity contribution is 5.37. The van der Waals surface area contributed by atoms with Crippen LogP contribution in [0.5, 0.6) is 5.75 Å². The number of phenolic OH excluding ortho intramolecular Hbond substituents is 1. The summed E-state index contributed by atoms with van der Waals surface area (Å²) in [6.07, 6.45) is 0. The topological polar surface area (TPSA) is 32.3 Å². The number of nitrogens with one attached hydrogen (secondary N) is 1. The van der Waals surface area contributed by atoms with Crippen LogP contribution in [0.2, 0.25) is 0 Å². The monoisotopic (exact) mass is 235 g/mol. The number of aromatic hydroxyl groups is 1. The molecule has 0 bridgehead atoms. The minimum atomic E-state index is 0.157. The third-order valence-corrected chi connectivity index (χ3v) is 3.45. The second kappa shape index (κ2) is 5.09. The van der Waals surface area contributed by atoms with Gasteiger partial charge in [0.25, 0.3) is 0 Å². The number of aryl methyl sites for hydroxylation is 1. The summed E-state index contributed by atoms with van der Waals surface area (Å²) in [5.74, 6) is 0.372. The molecule has 2 N–H and O–H groups in total. The fraction of sp³-hybridized carbons (Fsp3) is 0.600. The van der Waals surface area contributed by atoms with E-state index in [1.54, 1.807) is 6.07 Å². The Kier molecular flexibility index (Phi) is 4.21. The van der Waals surface area contributed by atoms with E-state index in [4.69, 9.17) is 0 Å². The summed E-state index contributed by atoms with van der Waals surface area (Å²) < 4.78 is 0. The smallest absolute Gasteiger partial charge is 0.120 e. The van der Waals surface area contributed by atoms with Crippen molar-refractivity contribution in [1.82, 2.24) is 5.32 Å². The lowest BCUT2D eigenvalue weighted by atomic mass is 9.87. The van der Waals surface area contributed by atoms with E-state index in [0.717, 1.165) is 5.56 Å². The Hall–Kier alpha value is -1.02. The molecule has 2 atom stereocenters. The Labute approximate surface area is 105 Å². The molecule has 2 nitrogen and oxygen atoms in total. The maximum absolute atomic E-state index is 9.88. The van der Waals surface area contributed by atoms with Crippen LogP contribution in [0.25, 0.3) is 0 Å². The summed E-state index contributed by atoms with van der Waals surface area (Å²) in [5, 5.41) is 13.4. The summed E-state index contributed by atoms with van der Waals surface area (Å²) >= 11 is 0. The van der Waals surface area contributed by atoms with Crippen molar-refractivity contribution in [3.8, 4) is 5.75 Å². The van der Waals surface area contributed by atoms with Crippen LogP contribution in [-0.2, 0) is 0 Å². The normalized spacial score (nSPS) is 15.6. The van der Waals surface area contributed by atoms with Crippen molar-refractivity contribution in [2.75, 3.05) is 0 Å². The predicted molar refractivity (Wildman–Crippen MR) is 73.3 cm³/mol. The van der Waals surface area contributed by atoms with Crippen molar-refractivity contribution >= 4 is 0 Å². The summed E-state index contributed by atoms with van der Waals surface area (Å²) in [7, 11) is 0. The predicted octanol–water partition coefficient (Wildman–Crippen LogP) is 3.79. The fourth-order valence-corrected chi connectivity index (χ4v) is 1.74. The molecule has 2 heteroatoms. The van der Waals surface area contributed by atoms with Crippen LogP contribution in [-0.4, -0.2) is 11.1 Å². The van der Waals surface area contributed by atoms with Gasteiger partial charge >= 0.3 is 0 Å². The Morgan fingerprint density at radius 1 is 1.18 bits per heavy atom. The molecule has 0 amide bonds. The van der Waals surface area contributed by atoms with Gasteiger partial charge in [-0.3, -0.25) is 0 Å². The zero-order chi connectivity index (χ0) is 13.2. The standard InChI is InChI=1S/C15H25NO/c1-10-7-8-14(17)13(9-10)11(2)16-12(3)15(4,5)6/h7-9,11-12,16-17H,1-6H3. The van der Waals surface area contributed by atoms with Gasteiger partial charge in [-0.25, -0.2) is 0 Å². The van der Waals surface area contributed by atoms with Gasteiger partial charge < -0.3 is 10.4 Å². The second-order valence-electron chi connectivity index (χ2n) is 6.04. The highest BCUT2D eigenvalue weighted by Crippen LogP contribution is 2.27. The number of benzene rings is 1. The van der Waals surface area contributed by atoms with Crippen LogP contribution in [0.3, 0.4) is 0 Å². The van der Waals surface area contributed by atoms with E-state index >= 15 is 0 Å². The molecular weight excluding hydrogens is 210 g/mol. The van der Waals surface area contributed by atoms with Crippen molar-refractivity contribution < 1.29 is 5.11 Å². The summed E-state index contributed by atoms with van der Waals surface area (Å²) in [5.41, 5.74) is 2.37. The third kappa shape index (κ3) is 3.74. The van der Waals surface area contributed by atoms with Gasteiger partial charge in [0.2, 0.25) is 0 Å². The highest BCUT2D eigenvalue weighted by atomic mass is 16.3. The number of rotatable bonds is 3. The van der Waals surface area contributed by atoms with Crippen LogP contribution in [0.1, 0.15) is 51.8 Å². The zero-order valence-corrected chi connectivity index (χ0v) is 11.8. The van der Waals surface area contributed by atoms with E-state index in [9.17, 15) is 5.11 Å². The largest absolute Gasteiger partial charge is 0.508 e. The Bertz CT molecular complexity index is 379. The lowest BCUT2D eigenvalue weighted by molar-refractivity contribution is 0.266. The second-order valence-corrected chi connectivity index (χ2v) is 6.04. The molecule has 0 aliphatic heterocycles. The average molecular weight is 235 g/mol. The summed E-state index contributed by atoms with van der Waals surface area (Å²) in [6.45, 7) is 13.0. The molecular formula is C15H25NO. The van der Waals surface area contributed by atoms with E-state index in [-0.39, 0.29) is 11.5 Å². The van der Waals surface area contributed by atoms with E-state index in [1.165, 1.54) is 5.56 Å². The molecule has 0 aromatic heterocycles. The van der Waals surface area contributed by atoms with Crippen molar-refractivity contribution in [2.45, 2.75) is 53.6 Å². The number of hydrogen-bond acceptors (Lipinski definition) is 2. The molecule has 0 saturated heterocycles. The first-order valence-corrected chi connectivity index (χ1v) is 6.27. The van der Waals surface area contributed by atoms with Crippen LogP contribution in [0, 0.1) is 12.3 Å². The van der Waals surface area contributed by atoms with Gasteiger partial charge in [-0.1, -0.05) is 38.5 Å². The SMILES string of the molecule is Cc1ccc(O)c(C(C)NC(C)C(C)(C)C)c1. The molecule has 1 aromatic carbocycles. The molecule has 1 rings (SSSR count). The Balaban J connectivity index is 2.83. The van der Waals surface area contributed by atoms with E-state index in [0.29, 0.717) is 11.8 Å². The molecule has 2 unspecified atom stereocenters. The quantitative estimate of drug-likeness (QED) is 0.835. The lowest BCUT2D eigenvalue weighted by Crippen LogP contribution is -2.39. The molecule has 1 aromatic rings. The van der Waals surface area contributed by atoms with Crippen LogP contribution >= 0.6 is 0 Å². The van der Waals surface area contributed by atoms with Gasteiger partial charge in [0.1, 0.15) is 5.75 Å². The average Bonchev–Trinajstić information content (AvgIpc) is 2.20. The first-order valence-electron chi connectivity index (χ1n) is 6.27. The van der Waals surface area contributed by atoms with Gasteiger partial charge in [0, 0.05) is 17.6 Å². The van der Waals surface area contributed by atoms with E-state index in [2.05, 4.69) is 39.9 Å². The first kappa shape index (κ1) is 14.0. The minimum absolute atomic E-state index is 0.157. The molecule has 0 radical (unpaired) electrons. The molecule has 0 saturated carbocycles. The highest BCUT2D eigenvalue weighted by Gasteiger charge is 2.22. The third-order valence-electron chi connectivity index (χ3n) is 3.45. The van der Waals surface area contributed by atoms with Crippen LogP contribution in [0.4, 0.5) is 0 Å². The van der Waals surface area contributed by atoms with Crippen molar-refractivity contribution in [3.63, 3.8) is 0 Å². The molecule has 0 spiro atoms. The molecule has 0 aliphatic rings. The molecule has 0 aliphatic carbocycles. The minimum Gasteiger partial charge on any atom is -0.508 e. The molecule has 17 heavy (non-hydrogen) atoms. The van der Waals surface area contributed by atoms with E-state index < -0.39 is 0 Å². The van der Waals surface area contributed by atoms with Crippen LogP contribution in [0.15, 0.2) is 18.2 Å². The fourth-order valence-electron chi connectivity index (χ4n) is 1.74. The van der Waals surface area contributed by atoms with Gasteiger partial charge in [-0.15, -0.1) is 0 Å². The van der Waals surface area contributed by atoms with Crippen molar-refractivity contribution in [3.05, 3.63) is 29.3 Å². The van der Waals surface area contributed by atoms with Gasteiger partial charge in [-0.05, 0) is 32.3 Å². The van der Waals surface area contributed by atoms with Gasteiger partial charge in [-0.2, -0.15) is 0 Å². The van der Waals surface area contributed by atoms with Gasteiger partial charge in [0.15, 0.2) is 0 Å². The van der Waals surface area contributed by atoms with Crippen molar-refractivity contribution in [2.24, 2.45) is 5.41 Å². The molecule has 0 fully saturated rings. The lowest BCUT2D eigenvalue weighted by Gasteiger charge is -2.31. The first-order chi connectivity index (χ1) is 7.71. The maximum atomic E-state index is 9.88. The Morgan fingerprint density at radius 3 is 2.29 bits per heavy atom. The zero-order valence-electron chi connectivity index (χ0n) is 11.8. The van der Waals surface area contributed by atoms with Gasteiger partial charge in [0.05, 0.1) is 0 Å². The van der Waals surface area contributed by atoms with Crippen molar-refractivity contribution in [1.29, 1.82) is 0 Å². The Morgan fingerprint density at radius 2 is 1.76 bits per heavy atom. The summed E-state index contributed by atoms with van der Waals surface area (Å²) in [6, 6.07) is 6.28.